The molecule has 1 rings (SSSR count). The highest BCUT2D eigenvalue weighted by Crippen LogP contribution is 2.19. The zero-order valence-corrected chi connectivity index (χ0v) is 11.6. The van der Waals surface area contributed by atoms with E-state index in [4.69, 9.17) is 0 Å². The molecule has 0 fully saturated rings. The van der Waals surface area contributed by atoms with Gasteiger partial charge in [0, 0.05) is 17.4 Å². The summed E-state index contributed by atoms with van der Waals surface area (Å²) < 4.78 is 0. The van der Waals surface area contributed by atoms with Gasteiger partial charge >= 0.3 is 0 Å². The van der Waals surface area contributed by atoms with Crippen molar-refractivity contribution in [2.75, 3.05) is 6.26 Å². The summed E-state index contributed by atoms with van der Waals surface area (Å²) in [4.78, 5) is 13.1. The third-order valence-corrected chi connectivity index (χ3v) is 3.84. The molecule has 0 atom stereocenters. The van der Waals surface area contributed by atoms with Gasteiger partial charge in [0.1, 0.15) is 0 Å². The van der Waals surface area contributed by atoms with Crippen LogP contribution in [0.5, 0.6) is 0 Å². The van der Waals surface area contributed by atoms with Gasteiger partial charge in [-0.1, -0.05) is 32.0 Å². The van der Waals surface area contributed by atoms with E-state index in [1.165, 1.54) is 10.5 Å². The second kappa shape index (κ2) is 7.38. The van der Waals surface area contributed by atoms with Gasteiger partial charge in [-0.15, -0.1) is 11.8 Å². The van der Waals surface area contributed by atoms with Crippen LogP contribution in [0, 0.1) is 5.92 Å². The highest BCUT2D eigenvalue weighted by molar-refractivity contribution is 7.98. The van der Waals surface area contributed by atoms with Crippen LogP contribution in [-0.4, -0.2) is 12.2 Å². The van der Waals surface area contributed by atoms with E-state index in [1.54, 1.807) is 11.8 Å². The summed E-state index contributed by atoms with van der Waals surface area (Å²) >= 11 is 1.72. The number of hydrogen-bond acceptors (Lipinski definition) is 2. The molecule has 0 heterocycles. The summed E-state index contributed by atoms with van der Waals surface area (Å²) in [5.41, 5.74) is 1.19. The summed E-state index contributed by atoms with van der Waals surface area (Å²) in [5, 5.41) is 3.02. The Balaban J connectivity index is 2.58. The van der Waals surface area contributed by atoms with Crippen molar-refractivity contribution in [3.05, 3.63) is 29.8 Å². The number of benzene rings is 1. The lowest BCUT2D eigenvalue weighted by atomic mass is 10.0. The van der Waals surface area contributed by atoms with Crippen LogP contribution in [0.1, 0.15) is 32.3 Å². The Morgan fingerprint density at radius 1 is 1.29 bits per heavy atom. The molecule has 0 unspecified atom stereocenters. The lowest BCUT2D eigenvalue weighted by molar-refractivity contribution is -0.125. The Hall–Kier alpha value is -0.960. The second-order valence-electron chi connectivity index (χ2n) is 4.04. The maximum Gasteiger partial charge on any atom is 0.223 e. The fourth-order valence-electron chi connectivity index (χ4n) is 1.84. The highest BCUT2D eigenvalue weighted by atomic mass is 32.2. The van der Waals surface area contributed by atoms with Gasteiger partial charge in [0.2, 0.25) is 5.91 Å². The first-order valence-electron chi connectivity index (χ1n) is 6.12. The van der Waals surface area contributed by atoms with Gasteiger partial charge in [0.05, 0.1) is 0 Å². The Labute approximate surface area is 108 Å². The Kier molecular flexibility index (Phi) is 6.12. The average Bonchev–Trinajstić information content (AvgIpc) is 2.38. The van der Waals surface area contributed by atoms with Crippen LogP contribution >= 0.6 is 11.8 Å². The van der Waals surface area contributed by atoms with Crippen LogP contribution in [0.2, 0.25) is 0 Å². The summed E-state index contributed by atoms with van der Waals surface area (Å²) in [6.45, 7) is 4.75. The van der Waals surface area contributed by atoms with Gasteiger partial charge < -0.3 is 5.32 Å². The van der Waals surface area contributed by atoms with Crippen molar-refractivity contribution >= 4 is 17.7 Å². The lowest BCUT2D eigenvalue weighted by Crippen LogP contribution is -2.29. The zero-order valence-electron chi connectivity index (χ0n) is 10.8. The molecular formula is C14H21NOS. The molecule has 0 aliphatic carbocycles. The molecule has 0 saturated heterocycles. The minimum Gasteiger partial charge on any atom is -0.352 e. The molecule has 0 bridgehead atoms. The summed E-state index contributed by atoms with van der Waals surface area (Å²) in [7, 11) is 0. The van der Waals surface area contributed by atoms with Crippen LogP contribution < -0.4 is 5.32 Å². The van der Waals surface area contributed by atoms with E-state index in [0.29, 0.717) is 6.54 Å². The van der Waals surface area contributed by atoms with E-state index in [2.05, 4.69) is 37.6 Å². The summed E-state index contributed by atoms with van der Waals surface area (Å²) in [6, 6.07) is 8.19. The number of amides is 1. The molecule has 1 aromatic carbocycles. The number of thioether (sulfide) groups is 1. The largest absolute Gasteiger partial charge is 0.352 e. The molecule has 3 heteroatoms. The fraction of sp³-hybridized carbons (Fsp3) is 0.500. The van der Waals surface area contributed by atoms with Gasteiger partial charge in [-0.3, -0.25) is 4.79 Å². The van der Waals surface area contributed by atoms with E-state index >= 15 is 0 Å². The van der Waals surface area contributed by atoms with E-state index in [1.807, 2.05) is 12.1 Å². The molecule has 0 aliphatic rings. The third kappa shape index (κ3) is 4.08. The number of nitrogens with one attached hydrogen (secondary N) is 1. The smallest absolute Gasteiger partial charge is 0.223 e. The van der Waals surface area contributed by atoms with Crippen molar-refractivity contribution in [2.45, 2.75) is 38.1 Å². The van der Waals surface area contributed by atoms with E-state index in [9.17, 15) is 4.79 Å². The van der Waals surface area contributed by atoms with E-state index < -0.39 is 0 Å². The molecule has 1 amide bonds. The fourth-order valence-corrected chi connectivity index (χ4v) is 2.45. The first-order chi connectivity index (χ1) is 8.22. The molecule has 0 saturated carbocycles. The normalized spacial score (nSPS) is 10.6. The molecule has 0 aliphatic heterocycles. The van der Waals surface area contributed by atoms with Crippen LogP contribution in [0.3, 0.4) is 0 Å². The van der Waals surface area contributed by atoms with Crippen LogP contribution in [0.25, 0.3) is 0 Å². The topological polar surface area (TPSA) is 29.1 Å². The number of carbonyl (C=O) groups is 1. The molecule has 1 N–H and O–H groups in total. The van der Waals surface area contributed by atoms with Gasteiger partial charge in [-0.25, -0.2) is 0 Å². The first kappa shape index (κ1) is 14.1. The van der Waals surface area contributed by atoms with E-state index in [0.717, 1.165) is 12.8 Å². The molecule has 0 spiro atoms. The molecule has 1 aromatic rings. The predicted octanol–water partition coefficient (Wildman–Crippen LogP) is 3.46. The van der Waals surface area contributed by atoms with Crippen molar-refractivity contribution < 1.29 is 4.79 Å². The van der Waals surface area contributed by atoms with Crippen LogP contribution in [0.15, 0.2) is 29.2 Å². The van der Waals surface area contributed by atoms with Crippen molar-refractivity contribution in [3.63, 3.8) is 0 Å². The molecule has 17 heavy (non-hydrogen) atoms. The SMILES string of the molecule is CCC(CC)C(=O)NCc1ccccc1SC. The average molecular weight is 251 g/mol. The van der Waals surface area contributed by atoms with Crippen LogP contribution in [-0.2, 0) is 11.3 Å². The standard InChI is InChI=1S/C14H21NOS/c1-4-11(5-2)14(16)15-10-12-8-6-7-9-13(12)17-3/h6-9,11H,4-5,10H2,1-3H3,(H,15,16). The van der Waals surface area contributed by atoms with Crippen molar-refractivity contribution in [1.82, 2.24) is 5.32 Å². The summed E-state index contributed by atoms with van der Waals surface area (Å²) in [5.74, 6) is 0.322. The van der Waals surface area contributed by atoms with Gasteiger partial charge in [-0.05, 0) is 30.7 Å². The van der Waals surface area contributed by atoms with Gasteiger partial charge in [0.15, 0.2) is 0 Å². The van der Waals surface area contributed by atoms with Gasteiger partial charge in [0.25, 0.3) is 0 Å². The van der Waals surface area contributed by atoms with Crippen molar-refractivity contribution in [1.29, 1.82) is 0 Å². The molecule has 0 aromatic heterocycles. The predicted molar refractivity (Wildman–Crippen MR) is 74.1 cm³/mol. The lowest BCUT2D eigenvalue weighted by Gasteiger charge is -2.14. The quantitative estimate of drug-likeness (QED) is 0.784. The maximum atomic E-state index is 11.9. The molecular weight excluding hydrogens is 230 g/mol. The van der Waals surface area contributed by atoms with Crippen LogP contribution in [0.4, 0.5) is 0 Å². The van der Waals surface area contributed by atoms with Crippen molar-refractivity contribution in [3.8, 4) is 0 Å². The molecule has 94 valence electrons. The highest BCUT2D eigenvalue weighted by Gasteiger charge is 2.13. The summed E-state index contributed by atoms with van der Waals surface area (Å²) in [6.07, 6.45) is 3.88. The molecule has 2 nitrogen and oxygen atoms in total. The van der Waals surface area contributed by atoms with Gasteiger partial charge in [-0.2, -0.15) is 0 Å². The minimum absolute atomic E-state index is 0.149. The molecule has 0 radical (unpaired) electrons. The Bertz CT molecular complexity index is 361. The third-order valence-electron chi connectivity index (χ3n) is 3.00. The van der Waals surface area contributed by atoms with E-state index in [-0.39, 0.29) is 11.8 Å². The number of hydrogen-bond donors (Lipinski definition) is 1. The Morgan fingerprint density at radius 2 is 1.94 bits per heavy atom. The Morgan fingerprint density at radius 3 is 2.53 bits per heavy atom. The van der Waals surface area contributed by atoms with Crippen molar-refractivity contribution in [2.24, 2.45) is 5.92 Å². The number of carbonyl (C=O) groups excluding carboxylic acids is 1. The number of rotatable bonds is 6. The first-order valence-corrected chi connectivity index (χ1v) is 7.35. The second-order valence-corrected chi connectivity index (χ2v) is 4.89. The minimum atomic E-state index is 0.149. The maximum absolute atomic E-state index is 11.9. The monoisotopic (exact) mass is 251 g/mol. The zero-order chi connectivity index (χ0) is 12.7.